The maximum Gasteiger partial charge on any atom is 0.309 e. The van der Waals surface area contributed by atoms with E-state index in [0.29, 0.717) is 12.2 Å². The van der Waals surface area contributed by atoms with Crippen LogP contribution < -0.4 is 4.18 Å². The zero-order valence-electron chi connectivity index (χ0n) is 13.8. The molecule has 0 aromatic heterocycles. The molecule has 0 aliphatic rings. The Kier molecular flexibility index (Phi) is 5.85. The van der Waals surface area contributed by atoms with Crippen molar-refractivity contribution in [3.05, 3.63) is 30.3 Å². The van der Waals surface area contributed by atoms with Crippen molar-refractivity contribution in [3.63, 3.8) is 0 Å². The largest absolute Gasteiger partial charge is 0.382 e. The van der Waals surface area contributed by atoms with Gasteiger partial charge in [0.1, 0.15) is 5.75 Å². The lowest BCUT2D eigenvalue weighted by Gasteiger charge is -2.32. The van der Waals surface area contributed by atoms with Crippen LogP contribution in [0.2, 0.25) is 0 Å². The molecule has 1 aromatic carbocycles. The third kappa shape index (κ3) is 8.10. The minimum Gasteiger partial charge on any atom is -0.382 e. The van der Waals surface area contributed by atoms with Crippen LogP contribution in [0.5, 0.6) is 5.75 Å². The van der Waals surface area contributed by atoms with E-state index < -0.39 is 10.1 Å². The van der Waals surface area contributed by atoms with Crippen LogP contribution in [-0.4, -0.2) is 14.2 Å². The molecule has 0 fully saturated rings. The van der Waals surface area contributed by atoms with Gasteiger partial charge in [-0.25, -0.2) is 0 Å². The Labute approximate surface area is 129 Å². The highest BCUT2D eigenvalue weighted by Gasteiger charge is 2.26. The van der Waals surface area contributed by atoms with Crippen molar-refractivity contribution in [2.75, 3.05) is 5.75 Å². The second kappa shape index (κ2) is 6.82. The van der Waals surface area contributed by atoms with E-state index in [1.807, 2.05) is 6.07 Å². The molecule has 0 amide bonds. The number of hydrogen-bond donors (Lipinski definition) is 0. The summed E-state index contributed by atoms with van der Waals surface area (Å²) in [7, 11) is -3.50. The molecule has 3 nitrogen and oxygen atoms in total. The van der Waals surface area contributed by atoms with Crippen LogP contribution in [0.4, 0.5) is 0 Å². The predicted octanol–water partition coefficient (Wildman–Crippen LogP) is 4.64. The first-order chi connectivity index (χ1) is 9.49. The average Bonchev–Trinajstić information content (AvgIpc) is 2.25. The Hall–Kier alpha value is -1.03. The van der Waals surface area contributed by atoms with E-state index in [4.69, 9.17) is 4.18 Å². The fourth-order valence-electron chi connectivity index (χ4n) is 2.92. The molecular weight excluding hydrogens is 284 g/mol. The zero-order chi connectivity index (χ0) is 16.1. The number of hydrogen-bond acceptors (Lipinski definition) is 3. The molecule has 0 bridgehead atoms. The van der Waals surface area contributed by atoms with Crippen LogP contribution in [0.3, 0.4) is 0 Å². The fourth-order valence-corrected chi connectivity index (χ4v) is 3.90. The third-order valence-corrected chi connectivity index (χ3v) is 4.46. The predicted molar refractivity (Wildman–Crippen MR) is 87.9 cm³/mol. The highest BCUT2D eigenvalue weighted by atomic mass is 32.2. The molecule has 1 rings (SSSR count). The van der Waals surface area contributed by atoms with E-state index >= 15 is 0 Å². The van der Waals surface area contributed by atoms with Crippen LogP contribution in [0.25, 0.3) is 0 Å². The van der Waals surface area contributed by atoms with Crippen molar-refractivity contribution in [2.24, 2.45) is 10.8 Å². The molecule has 0 N–H and O–H groups in total. The first kappa shape index (κ1) is 18.0. The van der Waals surface area contributed by atoms with Gasteiger partial charge < -0.3 is 4.18 Å². The van der Waals surface area contributed by atoms with Crippen LogP contribution >= 0.6 is 0 Å². The van der Waals surface area contributed by atoms with Gasteiger partial charge in [0.15, 0.2) is 0 Å². The van der Waals surface area contributed by atoms with Crippen molar-refractivity contribution in [3.8, 4) is 5.75 Å². The molecule has 1 aromatic rings. The highest BCUT2D eigenvalue weighted by molar-refractivity contribution is 7.87. The molecule has 21 heavy (non-hydrogen) atoms. The number of benzene rings is 1. The van der Waals surface area contributed by atoms with E-state index in [9.17, 15) is 8.42 Å². The Bertz CT molecular complexity index is 525. The molecule has 0 saturated carbocycles. The third-order valence-electron chi connectivity index (χ3n) is 3.22. The Morgan fingerprint density at radius 3 is 2.10 bits per heavy atom. The highest BCUT2D eigenvalue weighted by Crippen LogP contribution is 2.36. The summed E-state index contributed by atoms with van der Waals surface area (Å²) in [5.41, 5.74) is 0.392. The lowest BCUT2D eigenvalue weighted by Crippen LogP contribution is -2.22. The number of para-hydroxylation sites is 1. The molecule has 0 saturated heterocycles. The summed E-state index contributed by atoms with van der Waals surface area (Å²) in [6.45, 7) is 11.0. The topological polar surface area (TPSA) is 43.4 Å². The molecule has 0 atom stereocenters. The fraction of sp³-hybridized carbons (Fsp3) is 0.647. The van der Waals surface area contributed by atoms with Gasteiger partial charge in [-0.15, -0.1) is 0 Å². The summed E-state index contributed by atoms with van der Waals surface area (Å²) in [5, 5.41) is 0. The van der Waals surface area contributed by atoms with E-state index in [1.165, 1.54) is 0 Å². The molecule has 0 aliphatic heterocycles. The van der Waals surface area contributed by atoms with Gasteiger partial charge in [-0.05, 0) is 42.2 Å². The minimum atomic E-state index is -3.50. The van der Waals surface area contributed by atoms with Crippen molar-refractivity contribution >= 4 is 10.1 Å². The first-order valence-corrected chi connectivity index (χ1v) is 9.04. The van der Waals surface area contributed by atoms with E-state index in [1.54, 1.807) is 24.3 Å². The van der Waals surface area contributed by atoms with Gasteiger partial charge in [-0.3, -0.25) is 0 Å². The van der Waals surface area contributed by atoms with Crippen molar-refractivity contribution in [1.29, 1.82) is 0 Å². The lowest BCUT2D eigenvalue weighted by atomic mass is 9.74. The minimum absolute atomic E-state index is 0.0649. The van der Waals surface area contributed by atoms with Crippen LogP contribution in [-0.2, 0) is 10.1 Å². The average molecular weight is 312 g/mol. The van der Waals surface area contributed by atoms with E-state index in [0.717, 1.165) is 12.8 Å². The van der Waals surface area contributed by atoms with Gasteiger partial charge in [0.05, 0.1) is 5.75 Å². The summed E-state index contributed by atoms with van der Waals surface area (Å²) in [6, 6.07) is 8.66. The van der Waals surface area contributed by atoms with Crippen LogP contribution in [0, 0.1) is 10.8 Å². The molecular formula is C17H28O3S. The van der Waals surface area contributed by atoms with Gasteiger partial charge in [0.2, 0.25) is 0 Å². The normalized spacial score (nSPS) is 13.2. The quantitative estimate of drug-likeness (QED) is 0.689. The van der Waals surface area contributed by atoms with Gasteiger partial charge in [-0.1, -0.05) is 52.8 Å². The van der Waals surface area contributed by atoms with Crippen LogP contribution in [0.15, 0.2) is 30.3 Å². The molecule has 0 heterocycles. The smallest absolute Gasteiger partial charge is 0.309 e. The monoisotopic (exact) mass is 312 g/mol. The Morgan fingerprint density at radius 2 is 1.57 bits per heavy atom. The molecule has 0 radical (unpaired) electrons. The zero-order valence-corrected chi connectivity index (χ0v) is 14.7. The van der Waals surface area contributed by atoms with Gasteiger partial charge in [0.25, 0.3) is 0 Å². The SMILES string of the molecule is CC(C)(C)CC(C)(C)CCCS(=O)(=O)Oc1ccccc1. The maximum absolute atomic E-state index is 11.9. The maximum atomic E-state index is 11.9. The van der Waals surface area contributed by atoms with E-state index in [-0.39, 0.29) is 16.6 Å². The molecule has 0 spiro atoms. The van der Waals surface area contributed by atoms with Gasteiger partial charge in [-0.2, -0.15) is 8.42 Å². The molecule has 120 valence electrons. The van der Waals surface area contributed by atoms with Gasteiger partial charge in [0, 0.05) is 0 Å². The summed E-state index contributed by atoms with van der Waals surface area (Å²) in [6.07, 6.45) is 2.57. The second-order valence-corrected chi connectivity index (χ2v) is 9.35. The Balaban J connectivity index is 2.47. The summed E-state index contributed by atoms with van der Waals surface area (Å²) >= 11 is 0. The van der Waals surface area contributed by atoms with Crippen molar-refractivity contribution in [2.45, 2.75) is 53.9 Å². The number of rotatable bonds is 7. The summed E-state index contributed by atoms with van der Waals surface area (Å²) in [4.78, 5) is 0. The van der Waals surface area contributed by atoms with Gasteiger partial charge >= 0.3 is 10.1 Å². The second-order valence-electron chi connectivity index (χ2n) is 7.66. The van der Waals surface area contributed by atoms with Crippen molar-refractivity contribution in [1.82, 2.24) is 0 Å². The van der Waals surface area contributed by atoms with Crippen molar-refractivity contribution < 1.29 is 12.6 Å². The van der Waals surface area contributed by atoms with Crippen LogP contribution in [0.1, 0.15) is 53.9 Å². The van der Waals surface area contributed by atoms with E-state index in [2.05, 4.69) is 34.6 Å². The summed E-state index contributed by atoms with van der Waals surface area (Å²) < 4.78 is 29.0. The first-order valence-electron chi connectivity index (χ1n) is 7.46. The molecule has 0 aliphatic carbocycles. The molecule has 4 heteroatoms. The standard InChI is InChI=1S/C17H28O3S/c1-16(2,3)14-17(4,5)12-9-13-21(18,19)20-15-10-7-6-8-11-15/h6-8,10-11H,9,12-14H2,1-5H3. The lowest BCUT2D eigenvalue weighted by molar-refractivity contribution is 0.198. The summed E-state index contributed by atoms with van der Waals surface area (Å²) in [5.74, 6) is 0.446. The Morgan fingerprint density at radius 1 is 1.00 bits per heavy atom. The molecule has 0 unspecified atom stereocenters.